The lowest BCUT2D eigenvalue weighted by Crippen LogP contribution is -2.44. The quantitative estimate of drug-likeness (QED) is 0.0275. The zero-order valence-electron chi connectivity index (χ0n) is 39.5. The van der Waals surface area contributed by atoms with E-state index in [2.05, 4.69) is 39.1 Å². The minimum atomic E-state index is -4.11. The largest absolute Gasteiger partial charge is 0.480 e. The van der Waals surface area contributed by atoms with Gasteiger partial charge in [-0.15, -0.1) is 0 Å². The first kappa shape index (κ1) is 58.4. The second-order valence-electron chi connectivity index (χ2n) is 16.9. The highest BCUT2D eigenvalue weighted by molar-refractivity contribution is 7.90. The number of hydrogen-bond donors (Lipinski definition) is 8. The number of aliphatic imine (C=N–C) groups is 2. The first-order valence-corrected chi connectivity index (χ1v) is 27.2. The standard InChI is InChI=1S/C15H18ClN5O4S.C15H20ClN5O2S.C14H16Cl2N2O2S.3H2/c1-7(2)12(14(22)23)21-26(24,25)8-3-4-9-10(5-8)13(20-15(17)18)19-6-11(9)16;1-8(2)9(3)21-24(22,23)10-4-5-11-12(6-10)14(20-15(17)18)19-7-13(11)16;1-8(2)9(3)18-21(19,20)10-4-5-11-12(6-10)14(16)17-7-13(11)15;;;/h3-7,12,21H,1-2H3,(H,22,23)(H4,17,18,19,20);4-9,21H,1-3H3,(H4,17,18,19,20);4-9,18H,1-3H3;3*1H/t12-;2*9-;;;/m100.../s1/i;;;3*1+1. The molecule has 3 heterocycles. The molecule has 0 bridgehead atoms. The van der Waals surface area contributed by atoms with Crippen molar-refractivity contribution < 1.29 is 39.4 Å². The van der Waals surface area contributed by atoms with Crippen LogP contribution in [0.3, 0.4) is 0 Å². The molecule has 0 aliphatic heterocycles. The van der Waals surface area contributed by atoms with Gasteiger partial charge in [0.15, 0.2) is 23.6 Å². The molecule has 27 heteroatoms. The third-order valence-corrected chi connectivity index (χ3v) is 16.4. The van der Waals surface area contributed by atoms with E-state index in [0.29, 0.717) is 42.4 Å². The zero-order valence-corrected chi connectivity index (χ0v) is 45.0. The first-order chi connectivity index (χ1) is 32.9. The molecule has 71 heavy (non-hydrogen) atoms. The van der Waals surface area contributed by atoms with Crippen LogP contribution in [0.1, 0.15) is 59.7 Å². The van der Waals surface area contributed by atoms with E-state index in [1.54, 1.807) is 26.0 Å². The molecule has 0 saturated heterocycles. The first-order valence-electron chi connectivity index (χ1n) is 21.3. The number of guanidine groups is 2. The van der Waals surface area contributed by atoms with Crippen molar-refractivity contribution >= 4 is 138 Å². The summed E-state index contributed by atoms with van der Waals surface area (Å²) in [6, 6.07) is 11.6. The predicted octanol–water partition coefficient (Wildman–Crippen LogP) is 7.90. The van der Waals surface area contributed by atoms with E-state index in [9.17, 15) is 35.2 Å². The van der Waals surface area contributed by atoms with Crippen LogP contribution in [0.4, 0.5) is 11.6 Å². The molecule has 0 fully saturated rings. The number of nitrogens with two attached hydrogens (primary N) is 4. The summed E-state index contributed by atoms with van der Waals surface area (Å²) >= 11 is 24.3. The molecule has 12 N–H and O–H groups in total. The van der Waals surface area contributed by atoms with Gasteiger partial charge in [-0.2, -0.15) is 14.7 Å². The Morgan fingerprint density at radius 3 is 1.17 bits per heavy atom. The van der Waals surface area contributed by atoms with Gasteiger partial charge in [-0.25, -0.2) is 49.6 Å². The Hall–Kier alpha value is -5.21. The maximum atomic E-state index is 12.6. The second kappa shape index (κ2) is 24.0. The number of hydrogen-bond acceptors (Lipinski definition) is 12. The summed E-state index contributed by atoms with van der Waals surface area (Å²) in [5.41, 5.74) is 21.5. The van der Waals surface area contributed by atoms with Gasteiger partial charge in [0.2, 0.25) is 30.1 Å². The molecule has 3 atom stereocenters. The second-order valence-corrected chi connectivity index (χ2v) is 23.7. The number of sulfonamides is 3. The molecular formula is C44H60Cl4N12O8S3. The van der Waals surface area contributed by atoms with Gasteiger partial charge in [0, 0.05) is 67.3 Å². The van der Waals surface area contributed by atoms with E-state index in [4.69, 9.17) is 69.3 Å². The molecular weight excluding hydrogens is 1060 g/mol. The number of carboxylic acids is 1. The lowest BCUT2D eigenvalue weighted by atomic mass is 10.1. The Balaban J connectivity index is 0.000000547. The van der Waals surface area contributed by atoms with Crippen molar-refractivity contribution in [2.75, 3.05) is 0 Å². The van der Waals surface area contributed by atoms with Crippen LogP contribution in [-0.2, 0) is 34.9 Å². The van der Waals surface area contributed by atoms with Gasteiger partial charge in [-0.1, -0.05) is 106 Å². The summed E-state index contributed by atoms with van der Waals surface area (Å²) in [7, 11) is -11.4. The average molecular weight is 1130 g/mol. The van der Waals surface area contributed by atoms with E-state index in [1.165, 1.54) is 61.1 Å². The number of carbonyl (C=O) groups is 1. The van der Waals surface area contributed by atoms with Gasteiger partial charge in [-0.05, 0) is 68.0 Å². The van der Waals surface area contributed by atoms with Crippen LogP contribution in [0.5, 0.6) is 0 Å². The maximum absolute atomic E-state index is 12.6. The summed E-state index contributed by atoms with van der Waals surface area (Å²) in [6.45, 7) is 14.6. The smallest absolute Gasteiger partial charge is 0.322 e. The summed E-state index contributed by atoms with van der Waals surface area (Å²) in [6.07, 6.45) is 4.20. The topological polar surface area (TPSA) is 343 Å². The van der Waals surface area contributed by atoms with Crippen molar-refractivity contribution in [2.24, 2.45) is 50.7 Å². The number of fused-ring (bicyclic) bond motifs is 3. The van der Waals surface area contributed by atoms with E-state index in [0.717, 1.165) is 0 Å². The number of carboxylic acid groups (broad SMARTS) is 1. The van der Waals surface area contributed by atoms with Gasteiger partial charge >= 0.3 is 5.97 Å². The zero-order chi connectivity index (χ0) is 53.5. The summed E-state index contributed by atoms with van der Waals surface area (Å²) in [5.74, 6) is -1.48. The number of nitrogens with zero attached hydrogens (tertiary/aromatic N) is 5. The molecule has 6 rings (SSSR count). The number of aliphatic carboxylic acids is 1. The number of aromatic nitrogens is 3. The average Bonchev–Trinajstić information content (AvgIpc) is 3.28. The minimum Gasteiger partial charge on any atom is -0.480 e. The van der Waals surface area contributed by atoms with Crippen molar-refractivity contribution in [3.8, 4) is 0 Å². The highest BCUT2D eigenvalue weighted by Crippen LogP contribution is 2.34. The fourth-order valence-electron chi connectivity index (χ4n) is 6.03. The molecule has 20 nitrogen and oxygen atoms in total. The van der Waals surface area contributed by atoms with Crippen molar-refractivity contribution in [1.29, 1.82) is 0 Å². The molecule has 0 aliphatic rings. The molecule has 0 amide bonds. The number of benzene rings is 3. The van der Waals surface area contributed by atoms with Crippen LogP contribution in [-0.4, -0.2) is 81.3 Å². The number of nitrogens with one attached hydrogen (secondary N) is 3. The molecule has 0 spiro atoms. The predicted molar refractivity (Wildman–Crippen MR) is 288 cm³/mol. The van der Waals surface area contributed by atoms with E-state index < -0.39 is 48.0 Å². The van der Waals surface area contributed by atoms with Crippen LogP contribution < -0.4 is 37.1 Å². The normalized spacial score (nSPS) is 13.3. The molecule has 6 aromatic rings. The maximum Gasteiger partial charge on any atom is 0.322 e. The Morgan fingerprint density at radius 1 is 0.521 bits per heavy atom. The molecule has 3 aromatic carbocycles. The minimum absolute atomic E-state index is 0. The number of pyridine rings is 3. The van der Waals surface area contributed by atoms with Crippen LogP contribution in [0, 0.1) is 17.8 Å². The SMILES string of the molecule is CC(C)[C@@H](NS(=O)(=O)c1ccc2c(Cl)cnc(N=C(N)N)c2c1)C(=O)O.CC(C)[C@H](C)NS(=O)(=O)c1ccc2c(Cl)cnc(Cl)c2c1.CC(C)[C@H](C)NS(=O)(=O)c1ccc2c(Cl)cnc(N=C(N)N)c2c1.[2HH].[2HH].[2HH]. The molecule has 0 aliphatic carbocycles. The van der Waals surface area contributed by atoms with Crippen LogP contribution >= 0.6 is 46.4 Å². The fourth-order valence-corrected chi connectivity index (χ4v) is 11.1. The lowest BCUT2D eigenvalue weighted by Gasteiger charge is -2.18. The number of rotatable bonds is 15. The molecule has 0 radical (unpaired) electrons. The van der Waals surface area contributed by atoms with Crippen molar-refractivity contribution in [3.63, 3.8) is 0 Å². The third kappa shape index (κ3) is 15.2. The van der Waals surface area contributed by atoms with Crippen LogP contribution in [0.2, 0.25) is 20.2 Å². The Morgan fingerprint density at radius 2 is 0.845 bits per heavy atom. The Labute approximate surface area is 436 Å². The lowest BCUT2D eigenvalue weighted by molar-refractivity contribution is -0.140. The van der Waals surface area contributed by atoms with Crippen molar-refractivity contribution in [3.05, 3.63) is 93.4 Å². The highest BCUT2D eigenvalue weighted by Gasteiger charge is 2.29. The summed E-state index contributed by atoms with van der Waals surface area (Å²) < 4.78 is 82.6. The molecule has 3 aromatic heterocycles. The van der Waals surface area contributed by atoms with Crippen molar-refractivity contribution in [2.45, 2.75) is 88.2 Å². The molecule has 390 valence electrons. The van der Waals surface area contributed by atoms with Gasteiger partial charge in [0.1, 0.15) is 11.2 Å². The van der Waals surface area contributed by atoms with E-state index >= 15 is 0 Å². The van der Waals surface area contributed by atoms with E-state index in [-0.39, 0.29) is 76.6 Å². The molecule has 0 unspecified atom stereocenters. The van der Waals surface area contributed by atoms with Gasteiger partial charge in [-0.3, -0.25) is 4.79 Å². The molecule has 0 saturated carbocycles. The van der Waals surface area contributed by atoms with Gasteiger partial charge < -0.3 is 28.0 Å². The summed E-state index contributed by atoms with van der Waals surface area (Å²) in [4.78, 5) is 31.2. The van der Waals surface area contributed by atoms with Crippen LogP contribution in [0.15, 0.2) is 97.9 Å². The Kier molecular flexibility index (Phi) is 19.7. The van der Waals surface area contributed by atoms with Crippen molar-refractivity contribution in [1.82, 2.24) is 29.1 Å². The monoisotopic (exact) mass is 1120 g/mol. The fraction of sp³-hybridized carbons (Fsp3) is 0.318. The van der Waals surface area contributed by atoms with Gasteiger partial charge in [0.25, 0.3) is 0 Å². The number of halogens is 4. The third-order valence-electron chi connectivity index (χ3n) is 10.6. The summed E-state index contributed by atoms with van der Waals surface area (Å²) in [5, 5.41) is 13.6. The van der Waals surface area contributed by atoms with Crippen LogP contribution in [0.25, 0.3) is 32.3 Å². The highest BCUT2D eigenvalue weighted by atomic mass is 35.5. The van der Waals surface area contributed by atoms with E-state index in [1.807, 2.05) is 41.5 Å². The van der Waals surface area contributed by atoms with Gasteiger partial charge in [0.05, 0.1) is 29.8 Å². The Bertz CT molecular complexity index is 3380.